The Labute approximate surface area is 530 Å². The average molecular weight is 1280 g/mol. The molecule has 0 aliphatic heterocycles. The molecular formula is C58H101N21O12. The minimum atomic E-state index is -1.50. The van der Waals surface area contributed by atoms with Gasteiger partial charge < -0.3 is 110 Å². The van der Waals surface area contributed by atoms with Crippen molar-refractivity contribution in [3.63, 3.8) is 0 Å². The number of carboxylic acids is 1. The topological polar surface area (TPSA) is 591 Å². The number of hydrogen-bond acceptors (Lipinski definition) is 17. The molecule has 29 N–H and O–H groups in total. The van der Waals surface area contributed by atoms with Crippen LogP contribution in [0, 0.1) is 11.8 Å². The van der Waals surface area contributed by atoms with Gasteiger partial charge in [0.15, 0.2) is 11.9 Å². The first-order valence-corrected chi connectivity index (χ1v) is 30.9. The Bertz CT molecular complexity index is 2750. The van der Waals surface area contributed by atoms with E-state index in [1.807, 2.05) is 0 Å². The Morgan fingerprint density at radius 2 is 0.901 bits per heavy atom. The SMILES string of the molecule is CC(C)[C@H](NC(=O)[C@H](CCCCN)NC(=O)[C@H](Cc1c[nH]c2ccccc12)NC(=O)[C@H](CCCN=C(N)N)NC(=O)CNC(=O)[C@H](CCC(N)=O)NC(=O)[C@@H](NC(=O)[C@H](CCCCN)NC(=O)[C@@H](N)CCCCN)C(C)C)C(=O)N[C@@H](CCCN=C(N)N)C(=O)O. The number of fused-ring (bicyclic) bond motifs is 1. The highest BCUT2D eigenvalue weighted by Gasteiger charge is 2.36. The summed E-state index contributed by atoms with van der Waals surface area (Å²) in [4.78, 5) is 161. The second-order valence-corrected chi connectivity index (χ2v) is 22.9. The van der Waals surface area contributed by atoms with Gasteiger partial charge in [0.25, 0.3) is 0 Å². The summed E-state index contributed by atoms with van der Waals surface area (Å²) >= 11 is 0. The van der Waals surface area contributed by atoms with Gasteiger partial charge in [-0.25, -0.2) is 4.79 Å². The van der Waals surface area contributed by atoms with E-state index in [9.17, 15) is 57.8 Å². The predicted octanol–water partition coefficient (Wildman–Crippen LogP) is -4.81. The molecule has 33 nitrogen and oxygen atoms in total. The highest BCUT2D eigenvalue weighted by atomic mass is 16.4. The summed E-state index contributed by atoms with van der Waals surface area (Å²) in [5, 5.41) is 34.1. The quantitative estimate of drug-likeness (QED) is 0.0168. The number of carbonyl (C=O) groups excluding carboxylic acids is 10. The van der Waals surface area contributed by atoms with Crippen molar-refractivity contribution >= 4 is 87.9 Å². The van der Waals surface area contributed by atoms with E-state index >= 15 is 0 Å². The summed E-state index contributed by atoms with van der Waals surface area (Å²) in [6, 6.07) is -4.57. The number of nitrogens with two attached hydrogens (primary N) is 9. The summed E-state index contributed by atoms with van der Waals surface area (Å²) in [6.45, 7) is 6.78. The van der Waals surface area contributed by atoms with Gasteiger partial charge in [0, 0.05) is 43.0 Å². The standard InChI is InChI=1S/C58H101N21O12/c1-32(2)46(78-51(85)39(18-8-11-25-60)73-48(82)36(62)16-7-10-24-59)54(88)75-41(22-23-44(63)80)49(83)71-31-45(81)72-38(20-13-27-68-57(64)65)50(84)77-43(29-34-30-70-37-17-6-5-15-35(34)37)53(87)74-40(19-9-12-26-61)52(86)79-47(33(3)4)55(89)76-42(56(90)91)21-14-28-69-58(66)67/h5-6,15,17,30,32-33,36,38-43,46-47,70H,7-14,16,18-29,31,59-62H2,1-4H3,(H2,63,80)(H,71,83)(H,72,81)(H,73,82)(H,74,87)(H,75,88)(H,76,89)(H,77,84)(H,78,85)(H,79,86)(H,90,91)(H4,64,65,68)(H4,66,67,69)/t36-,38-,39-,40-,41-,42-,43-,46-,47-/m0/s1. The van der Waals surface area contributed by atoms with Crippen LogP contribution in [0.2, 0.25) is 0 Å². The number of nitrogens with zero attached hydrogens (tertiary/aromatic N) is 2. The van der Waals surface area contributed by atoms with Gasteiger partial charge in [-0.15, -0.1) is 0 Å². The van der Waals surface area contributed by atoms with Crippen LogP contribution in [0.3, 0.4) is 0 Å². The van der Waals surface area contributed by atoms with E-state index in [1.54, 1.807) is 58.2 Å². The Kier molecular flexibility index (Phi) is 36.5. The fraction of sp³-hybridized carbons (Fsp3) is 0.638. The van der Waals surface area contributed by atoms with E-state index in [-0.39, 0.29) is 82.9 Å². The number of para-hydroxylation sites is 1. The summed E-state index contributed by atoms with van der Waals surface area (Å²) in [5.41, 5.74) is 51.8. The first-order chi connectivity index (χ1) is 43.1. The Hall–Kier alpha value is -8.69. The second-order valence-electron chi connectivity index (χ2n) is 22.9. The molecule has 0 aliphatic rings. The van der Waals surface area contributed by atoms with Gasteiger partial charge in [-0.05, 0) is 127 Å². The predicted molar refractivity (Wildman–Crippen MR) is 343 cm³/mol. The number of amides is 10. The highest BCUT2D eigenvalue weighted by molar-refractivity contribution is 5.98. The number of nitrogens with one attached hydrogen (secondary N) is 10. The van der Waals surface area contributed by atoms with Crippen molar-refractivity contribution in [1.82, 2.24) is 52.8 Å². The summed E-state index contributed by atoms with van der Waals surface area (Å²) < 4.78 is 0. The third kappa shape index (κ3) is 30.1. The largest absolute Gasteiger partial charge is 0.480 e. The summed E-state index contributed by atoms with van der Waals surface area (Å²) in [7, 11) is 0. The zero-order valence-corrected chi connectivity index (χ0v) is 52.8. The van der Waals surface area contributed by atoms with Gasteiger partial charge in [0.1, 0.15) is 48.3 Å². The average Bonchev–Trinajstić information content (AvgIpc) is 2.80. The fourth-order valence-electron chi connectivity index (χ4n) is 9.44. The lowest BCUT2D eigenvalue weighted by molar-refractivity contribution is -0.143. The first kappa shape index (κ1) is 78.4. The summed E-state index contributed by atoms with van der Waals surface area (Å²) in [5.74, 6) is -11.2. The number of guanidine groups is 2. The number of benzene rings is 1. The third-order valence-electron chi connectivity index (χ3n) is 14.6. The molecule has 0 bridgehead atoms. The van der Waals surface area contributed by atoms with Gasteiger partial charge in [-0.2, -0.15) is 0 Å². The molecule has 1 aromatic carbocycles. The van der Waals surface area contributed by atoms with Gasteiger partial charge in [0.2, 0.25) is 59.1 Å². The molecule has 0 spiro atoms. The zero-order chi connectivity index (χ0) is 68.2. The van der Waals surface area contributed by atoms with Crippen LogP contribution in [0.25, 0.3) is 10.9 Å². The van der Waals surface area contributed by atoms with Crippen molar-refractivity contribution in [2.24, 2.45) is 73.4 Å². The first-order valence-electron chi connectivity index (χ1n) is 30.9. The molecule has 0 radical (unpaired) electrons. The Morgan fingerprint density at radius 3 is 1.40 bits per heavy atom. The van der Waals surface area contributed by atoms with E-state index in [2.05, 4.69) is 62.8 Å². The Balaban J connectivity index is 2.48. The molecule has 91 heavy (non-hydrogen) atoms. The number of rotatable bonds is 46. The number of hydrogen-bond donors (Lipinski definition) is 20. The van der Waals surface area contributed by atoms with Gasteiger partial charge in [0.05, 0.1) is 12.6 Å². The van der Waals surface area contributed by atoms with Crippen LogP contribution in [0.15, 0.2) is 40.4 Å². The lowest BCUT2D eigenvalue weighted by Crippen LogP contribution is -2.60. The molecule has 1 aromatic heterocycles. The fourth-order valence-corrected chi connectivity index (χ4v) is 9.44. The maximum Gasteiger partial charge on any atom is 0.326 e. The van der Waals surface area contributed by atoms with Gasteiger partial charge >= 0.3 is 5.97 Å². The van der Waals surface area contributed by atoms with E-state index < -0.39 is 144 Å². The molecule has 0 unspecified atom stereocenters. The lowest BCUT2D eigenvalue weighted by atomic mass is 10.00. The smallest absolute Gasteiger partial charge is 0.326 e. The molecule has 1 heterocycles. The molecule has 2 rings (SSSR count). The van der Waals surface area contributed by atoms with Crippen molar-refractivity contribution < 1.29 is 57.8 Å². The minimum Gasteiger partial charge on any atom is -0.480 e. The van der Waals surface area contributed by atoms with Crippen LogP contribution in [0.4, 0.5) is 0 Å². The summed E-state index contributed by atoms with van der Waals surface area (Å²) in [6.07, 6.45) is 4.30. The number of primary amides is 1. The number of unbranched alkanes of at least 4 members (excludes halogenated alkanes) is 3. The van der Waals surface area contributed by atoms with E-state index in [0.717, 1.165) is 0 Å². The molecule has 2 aromatic rings. The van der Waals surface area contributed by atoms with Crippen molar-refractivity contribution in [2.75, 3.05) is 39.3 Å². The zero-order valence-electron chi connectivity index (χ0n) is 52.8. The van der Waals surface area contributed by atoms with Crippen LogP contribution in [-0.4, -0.2) is 181 Å². The van der Waals surface area contributed by atoms with E-state index in [4.69, 9.17) is 51.6 Å². The molecule has 0 saturated heterocycles. The number of carboxylic acid groups (broad SMARTS) is 1. The van der Waals surface area contributed by atoms with Crippen LogP contribution < -0.4 is 99.5 Å². The number of H-pyrrole nitrogens is 1. The molecule has 33 heteroatoms. The number of carbonyl (C=O) groups is 11. The molecule has 510 valence electrons. The highest BCUT2D eigenvalue weighted by Crippen LogP contribution is 2.20. The Morgan fingerprint density at radius 1 is 0.484 bits per heavy atom. The third-order valence-corrected chi connectivity index (χ3v) is 14.6. The van der Waals surface area contributed by atoms with Crippen molar-refractivity contribution in [2.45, 2.75) is 185 Å². The lowest BCUT2D eigenvalue weighted by Gasteiger charge is -2.28. The van der Waals surface area contributed by atoms with E-state index in [0.29, 0.717) is 74.5 Å². The molecular weight excluding hydrogens is 1180 g/mol. The monoisotopic (exact) mass is 1280 g/mol. The van der Waals surface area contributed by atoms with Crippen LogP contribution >= 0.6 is 0 Å². The normalized spacial score (nSPS) is 14.1. The molecule has 0 saturated carbocycles. The van der Waals surface area contributed by atoms with Crippen LogP contribution in [0.5, 0.6) is 0 Å². The van der Waals surface area contributed by atoms with Crippen molar-refractivity contribution in [3.05, 3.63) is 36.0 Å². The maximum atomic E-state index is 14.7. The molecule has 10 amide bonds. The van der Waals surface area contributed by atoms with Gasteiger partial charge in [-0.3, -0.25) is 57.9 Å². The minimum absolute atomic E-state index is 0.00418. The van der Waals surface area contributed by atoms with Crippen molar-refractivity contribution in [3.8, 4) is 0 Å². The van der Waals surface area contributed by atoms with Crippen molar-refractivity contribution in [1.29, 1.82) is 0 Å². The number of aliphatic carboxylic acids is 1. The number of aromatic amines is 1. The second kappa shape index (κ2) is 42.3. The van der Waals surface area contributed by atoms with Crippen LogP contribution in [0.1, 0.15) is 130 Å². The number of aromatic nitrogens is 1. The molecule has 0 fully saturated rings. The molecule has 9 atom stereocenters. The van der Waals surface area contributed by atoms with Gasteiger partial charge in [-0.1, -0.05) is 52.3 Å². The van der Waals surface area contributed by atoms with Crippen LogP contribution in [-0.2, 0) is 59.2 Å². The van der Waals surface area contributed by atoms with E-state index in [1.165, 1.54) is 0 Å². The number of aliphatic imine (C=N–C) groups is 2. The molecule has 0 aliphatic carbocycles. The maximum absolute atomic E-state index is 14.7.